The van der Waals surface area contributed by atoms with Crippen molar-refractivity contribution < 1.29 is 9.53 Å². The minimum atomic E-state index is -0.0133. The summed E-state index contributed by atoms with van der Waals surface area (Å²) in [5.41, 5.74) is 1.35. The molecule has 0 spiro atoms. The third kappa shape index (κ3) is 3.98. The lowest BCUT2D eigenvalue weighted by Gasteiger charge is -2.32. The zero-order valence-electron chi connectivity index (χ0n) is 14.7. The van der Waals surface area contributed by atoms with E-state index in [1.807, 2.05) is 0 Å². The number of benzene rings is 2. The highest BCUT2D eigenvalue weighted by molar-refractivity contribution is 5.86. The van der Waals surface area contributed by atoms with Crippen LogP contribution < -0.4 is 0 Å². The molecule has 3 rings (SSSR count). The molecule has 2 nitrogen and oxygen atoms in total. The van der Waals surface area contributed by atoms with Gasteiger partial charge in [-0.25, -0.2) is 0 Å². The monoisotopic (exact) mass is 324 g/mol. The number of carbonyl (C=O) groups is 1. The van der Waals surface area contributed by atoms with E-state index in [2.05, 4.69) is 49.4 Å². The van der Waals surface area contributed by atoms with Gasteiger partial charge >= 0.3 is 5.97 Å². The van der Waals surface area contributed by atoms with Crippen LogP contribution in [0.1, 0.15) is 69.8 Å². The van der Waals surface area contributed by atoms with Gasteiger partial charge in [0.2, 0.25) is 0 Å². The fourth-order valence-electron chi connectivity index (χ4n) is 3.91. The second-order valence-electron chi connectivity index (χ2n) is 6.94. The molecule has 128 valence electrons. The summed E-state index contributed by atoms with van der Waals surface area (Å²) in [5, 5.41) is 2.58. The number of hydrogen-bond donors (Lipinski definition) is 0. The van der Waals surface area contributed by atoms with E-state index in [1.165, 1.54) is 22.8 Å². The first-order valence-electron chi connectivity index (χ1n) is 9.46. The molecule has 0 heterocycles. The summed E-state index contributed by atoms with van der Waals surface area (Å²) < 4.78 is 5.91. The van der Waals surface area contributed by atoms with Gasteiger partial charge in [0.15, 0.2) is 0 Å². The largest absolute Gasteiger partial charge is 0.462 e. The van der Waals surface area contributed by atoms with Gasteiger partial charge in [-0.05, 0) is 42.0 Å². The summed E-state index contributed by atoms with van der Waals surface area (Å²) in [7, 11) is 0. The van der Waals surface area contributed by atoms with Crippen molar-refractivity contribution in [2.45, 2.75) is 70.3 Å². The van der Waals surface area contributed by atoms with Gasteiger partial charge in [-0.15, -0.1) is 0 Å². The van der Waals surface area contributed by atoms with Crippen LogP contribution in [0.3, 0.4) is 0 Å². The van der Waals surface area contributed by atoms with Gasteiger partial charge in [0.05, 0.1) is 0 Å². The van der Waals surface area contributed by atoms with Gasteiger partial charge in [0.25, 0.3) is 0 Å². The van der Waals surface area contributed by atoms with Crippen molar-refractivity contribution in [1.82, 2.24) is 0 Å². The number of carbonyl (C=O) groups excluding carboxylic acids is 1. The molecule has 0 radical (unpaired) electrons. The van der Waals surface area contributed by atoms with Crippen LogP contribution in [0.25, 0.3) is 10.8 Å². The zero-order chi connectivity index (χ0) is 16.8. The Kier molecular flexibility index (Phi) is 5.90. The first-order chi connectivity index (χ1) is 11.8. The maximum atomic E-state index is 12.2. The Hall–Kier alpha value is -1.83. The van der Waals surface area contributed by atoms with E-state index in [0.717, 1.165) is 38.5 Å². The molecule has 0 N–H and O–H groups in total. The molecule has 2 aromatic rings. The third-order valence-electron chi connectivity index (χ3n) is 5.19. The summed E-state index contributed by atoms with van der Waals surface area (Å²) in [4.78, 5) is 12.2. The molecule has 0 saturated heterocycles. The second kappa shape index (κ2) is 8.32. The van der Waals surface area contributed by atoms with Crippen LogP contribution in [0.4, 0.5) is 0 Å². The molecule has 0 bridgehead atoms. The first kappa shape index (κ1) is 17.0. The third-order valence-corrected chi connectivity index (χ3v) is 5.19. The Morgan fingerprint density at radius 2 is 1.83 bits per heavy atom. The fourth-order valence-corrected chi connectivity index (χ4v) is 3.91. The quantitative estimate of drug-likeness (QED) is 0.482. The van der Waals surface area contributed by atoms with Gasteiger partial charge in [-0.3, -0.25) is 4.79 Å². The first-order valence-corrected chi connectivity index (χ1v) is 9.46. The fraction of sp³-hybridized carbons (Fsp3) is 0.500. The van der Waals surface area contributed by atoms with Crippen molar-refractivity contribution in [3.8, 4) is 0 Å². The molecule has 0 unspecified atom stereocenters. The maximum Gasteiger partial charge on any atom is 0.306 e. The number of rotatable bonds is 6. The van der Waals surface area contributed by atoms with E-state index >= 15 is 0 Å². The highest BCUT2D eigenvalue weighted by atomic mass is 16.5. The van der Waals surface area contributed by atoms with Crippen molar-refractivity contribution in [3.63, 3.8) is 0 Å². The molecule has 1 fully saturated rings. The number of unbranched alkanes of at least 4 members (excludes halogenated alkanes) is 2. The van der Waals surface area contributed by atoms with E-state index < -0.39 is 0 Å². The minimum absolute atomic E-state index is 0.0133. The Bertz CT molecular complexity index is 671. The van der Waals surface area contributed by atoms with E-state index in [-0.39, 0.29) is 12.1 Å². The Morgan fingerprint density at radius 1 is 1.04 bits per heavy atom. The van der Waals surface area contributed by atoms with E-state index in [4.69, 9.17) is 4.74 Å². The summed E-state index contributed by atoms with van der Waals surface area (Å²) in [6, 6.07) is 15.0. The van der Waals surface area contributed by atoms with Gasteiger partial charge in [0, 0.05) is 12.3 Å². The molecular formula is C22H28O2. The number of ether oxygens (including phenoxy) is 1. The van der Waals surface area contributed by atoms with Crippen molar-refractivity contribution in [2.24, 2.45) is 0 Å². The van der Waals surface area contributed by atoms with E-state index in [1.54, 1.807) is 0 Å². The molecule has 2 heteroatoms. The lowest BCUT2D eigenvalue weighted by Crippen LogP contribution is -2.28. The molecule has 1 saturated carbocycles. The van der Waals surface area contributed by atoms with Crippen LogP contribution in [0, 0.1) is 0 Å². The summed E-state index contributed by atoms with van der Waals surface area (Å²) >= 11 is 0. The lowest BCUT2D eigenvalue weighted by molar-refractivity contribution is -0.151. The highest BCUT2D eigenvalue weighted by Crippen LogP contribution is 2.38. The normalized spacial score (nSPS) is 20.9. The Balaban J connectivity index is 1.78. The van der Waals surface area contributed by atoms with Crippen molar-refractivity contribution in [2.75, 3.05) is 0 Å². The van der Waals surface area contributed by atoms with E-state index in [0.29, 0.717) is 12.3 Å². The molecule has 2 atom stereocenters. The van der Waals surface area contributed by atoms with Gasteiger partial charge in [-0.1, -0.05) is 68.7 Å². The summed E-state index contributed by atoms with van der Waals surface area (Å²) in [6.07, 6.45) is 8.27. The zero-order valence-corrected chi connectivity index (χ0v) is 14.7. The van der Waals surface area contributed by atoms with Crippen LogP contribution in [0.15, 0.2) is 42.5 Å². The standard InChI is InChI=1S/C22H28O2/c1-2-3-4-16-22(23)24-21-15-8-7-13-20(21)19-14-9-11-17-10-5-6-12-18(17)19/h5-6,9-12,14,20-21H,2-4,7-8,13,15-16H2,1H3/t20-,21-/m1/s1. The lowest BCUT2D eigenvalue weighted by atomic mass is 9.80. The molecule has 24 heavy (non-hydrogen) atoms. The number of hydrogen-bond acceptors (Lipinski definition) is 2. The minimum Gasteiger partial charge on any atom is -0.462 e. The SMILES string of the molecule is CCCCCC(=O)O[C@@H]1CCCC[C@@H]1c1cccc2ccccc12. The number of esters is 1. The molecule has 0 aliphatic heterocycles. The molecular weight excluding hydrogens is 296 g/mol. The number of fused-ring (bicyclic) bond motifs is 1. The van der Waals surface area contributed by atoms with Crippen LogP contribution in [0.2, 0.25) is 0 Å². The van der Waals surface area contributed by atoms with Gasteiger partial charge in [-0.2, -0.15) is 0 Å². The predicted molar refractivity (Wildman–Crippen MR) is 99.2 cm³/mol. The Morgan fingerprint density at radius 3 is 2.71 bits per heavy atom. The highest BCUT2D eigenvalue weighted by Gasteiger charge is 2.30. The van der Waals surface area contributed by atoms with Crippen LogP contribution in [-0.4, -0.2) is 12.1 Å². The molecule has 1 aliphatic rings. The van der Waals surface area contributed by atoms with Gasteiger partial charge in [0.1, 0.15) is 6.10 Å². The Labute approximate surface area is 145 Å². The second-order valence-corrected chi connectivity index (χ2v) is 6.94. The van der Waals surface area contributed by atoms with Crippen LogP contribution >= 0.6 is 0 Å². The molecule has 0 amide bonds. The predicted octanol–water partition coefficient (Wildman–Crippen LogP) is 5.99. The topological polar surface area (TPSA) is 26.3 Å². The van der Waals surface area contributed by atoms with Crippen molar-refractivity contribution >= 4 is 16.7 Å². The summed E-state index contributed by atoms with van der Waals surface area (Å²) in [6.45, 7) is 2.16. The van der Waals surface area contributed by atoms with Crippen molar-refractivity contribution in [3.05, 3.63) is 48.0 Å². The molecule has 0 aromatic heterocycles. The van der Waals surface area contributed by atoms with Crippen LogP contribution in [0.5, 0.6) is 0 Å². The summed E-state index contributed by atoms with van der Waals surface area (Å²) in [5.74, 6) is 0.320. The smallest absolute Gasteiger partial charge is 0.306 e. The van der Waals surface area contributed by atoms with Crippen LogP contribution in [-0.2, 0) is 9.53 Å². The average molecular weight is 324 g/mol. The average Bonchev–Trinajstić information content (AvgIpc) is 2.62. The molecule has 1 aliphatic carbocycles. The molecule has 2 aromatic carbocycles. The van der Waals surface area contributed by atoms with Gasteiger partial charge < -0.3 is 4.74 Å². The maximum absolute atomic E-state index is 12.2. The van der Waals surface area contributed by atoms with Crippen molar-refractivity contribution in [1.29, 1.82) is 0 Å². The van der Waals surface area contributed by atoms with E-state index in [9.17, 15) is 4.79 Å².